The highest BCUT2D eigenvalue weighted by atomic mass is 32.2. The average molecular weight is 213 g/mol. The van der Waals surface area contributed by atoms with E-state index in [1.165, 1.54) is 10.6 Å². The molecule has 0 unspecified atom stereocenters. The zero-order valence-corrected chi connectivity index (χ0v) is 10.4. The molecule has 0 spiro atoms. The smallest absolute Gasteiger partial charge is 0.0981 e. The van der Waals surface area contributed by atoms with Crippen molar-refractivity contribution in [2.45, 2.75) is 38.4 Å². The average Bonchev–Trinajstić information content (AvgIpc) is 2.36. The molecule has 0 saturated heterocycles. The molecule has 0 amide bonds. The van der Waals surface area contributed by atoms with Crippen molar-refractivity contribution in [2.75, 3.05) is 6.26 Å². The Hall–Kier alpha value is -0.480. The van der Waals surface area contributed by atoms with Crippen molar-refractivity contribution in [1.82, 2.24) is 15.1 Å². The summed E-state index contributed by atoms with van der Waals surface area (Å²) in [5, 5.41) is 9.10. The fourth-order valence-corrected chi connectivity index (χ4v) is 2.22. The van der Waals surface area contributed by atoms with E-state index >= 15 is 0 Å². The number of nitrogens with zero attached hydrogens (tertiary/aromatic N) is 2. The Bertz CT molecular complexity index is 305. The topological polar surface area (TPSA) is 29.9 Å². The maximum absolute atomic E-state index is 4.42. The van der Waals surface area contributed by atoms with Crippen LogP contribution in [-0.4, -0.2) is 22.1 Å². The minimum Gasteiger partial charge on any atom is -0.310 e. The van der Waals surface area contributed by atoms with E-state index in [0.717, 1.165) is 12.2 Å². The highest BCUT2D eigenvalue weighted by Gasteiger charge is 2.11. The third-order valence-electron chi connectivity index (χ3n) is 2.17. The van der Waals surface area contributed by atoms with Gasteiger partial charge in [0.15, 0.2) is 0 Å². The summed E-state index contributed by atoms with van der Waals surface area (Å²) in [5.41, 5.74) is 2.46. The van der Waals surface area contributed by atoms with Gasteiger partial charge in [0.05, 0.1) is 10.7 Å². The van der Waals surface area contributed by atoms with Gasteiger partial charge in [-0.2, -0.15) is 5.10 Å². The molecule has 1 rings (SSSR count). The third kappa shape index (κ3) is 2.51. The zero-order chi connectivity index (χ0) is 10.7. The summed E-state index contributed by atoms with van der Waals surface area (Å²) >= 11 is 1.76. The maximum atomic E-state index is 4.42. The first-order valence-electron chi connectivity index (χ1n) is 4.86. The summed E-state index contributed by atoms with van der Waals surface area (Å²) in [5.74, 6) is 0. The first-order chi connectivity index (χ1) is 6.56. The van der Waals surface area contributed by atoms with Gasteiger partial charge in [-0.05, 0) is 13.2 Å². The van der Waals surface area contributed by atoms with Gasteiger partial charge >= 0.3 is 0 Å². The Morgan fingerprint density at radius 1 is 1.50 bits per heavy atom. The van der Waals surface area contributed by atoms with Crippen molar-refractivity contribution in [3.8, 4) is 0 Å². The molecule has 0 radical (unpaired) electrons. The lowest BCUT2D eigenvalue weighted by atomic mass is 10.2. The van der Waals surface area contributed by atoms with E-state index in [1.807, 2.05) is 11.7 Å². The number of nitrogens with one attached hydrogen (secondary N) is 1. The molecule has 0 aliphatic carbocycles. The van der Waals surface area contributed by atoms with E-state index < -0.39 is 0 Å². The lowest BCUT2D eigenvalue weighted by Crippen LogP contribution is -2.22. The molecule has 0 saturated carbocycles. The van der Waals surface area contributed by atoms with E-state index in [0.29, 0.717) is 6.04 Å². The maximum Gasteiger partial charge on any atom is 0.0981 e. The second-order valence-corrected chi connectivity index (χ2v) is 4.53. The highest BCUT2D eigenvalue weighted by Crippen LogP contribution is 2.22. The number of thioether (sulfide) groups is 1. The summed E-state index contributed by atoms with van der Waals surface area (Å²) in [6, 6.07) is 0.518. The Balaban J connectivity index is 2.83. The minimum atomic E-state index is 0.518. The van der Waals surface area contributed by atoms with Crippen LogP contribution in [0.5, 0.6) is 0 Å². The first-order valence-corrected chi connectivity index (χ1v) is 6.08. The largest absolute Gasteiger partial charge is 0.310 e. The molecule has 1 N–H and O–H groups in total. The van der Waals surface area contributed by atoms with Crippen LogP contribution in [0.4, 0.5) is 0 Å². The van der Waals surface area contributed by atoms with Gasteiger partial charge in [-0.1, -0.05) is 13.8 Å². The van der Waals surface area contributed by atoms with Crippen LogP contribution in [0.25, 0.3) is 0 Å². The molecular formula is C10H19N3S. The molecule has 1 heterocycles. The number of aromatic nitrogens is 2. The fraction of sp³-hybridized carbons (Fsp3) is 0.700. The zero-order valence-electron chi connectivity index (χ0n) is 9.59. The van der Waals surface area contributed by atoms with Crippen LogP contribution in [-0.2, 0) is 13.6 Å². The van der Waals surface area contributed by atoms with Gasteiger partial charge in [0.2, 0.25) is 0 Å². The lowest BCUT2D eigenvalue weighted by Gasteiger charge is -2.08. The van der Waals surface area contributed by atoms with Crippen LogP contribution >= 0.6 is 11.8 Å². The quantitative estimate of drug-likeness (QED) is 0.775. The van der Waals surface area contributed by atoms with Crippen molar-refractivity contribution in [3.63, 3.8) is 0 Å². The number of hydrogen-bond acceptors (Lipinski definition) is 3. The second-order valence-electron chi connectivity index (χ2n) is 3.73. The van der Waals surface area contributed by atoms with Gasteiger partial charge in [-0.25, -0.2) is 0 Å². The van der Waals surface area contributed by atoms with Crippen molar-refractivity contribution in [2.24, 2.45) is 7.05 Å². The van der Waals surface area contributed by atoms with Crippen molar-refractivity contribution >= 4 is 11.8 Å². The summed E-state index contributed by atoms with van der Waals surface area (Å²) in [4.78, 5) is 0. The SMILES string of the molecule is CSc1c(CNC(C)C)c(C)nn1C. The van der Waals surface area contributed by atoms with E-state index in [2.05, 4.69) is 37.4 Å². The van der Waals surface area contributed by atoms with Gasteiger partial charge < -0.3 is 5.32 Å². The van der Waals surface area contributed by atoms with Crippen molar-refractivity contribution in [1.29, 1.82) is 0 Å². The predicted octanol–water partition coefficient (Wildman–Crippen LogP) is 1.95. The molecule has 0 aliphatic rings. The van der Waals surface area contributed by atoms with Gasteiger partial charge in [0.1, 0.15) is 0 Å². The molecule has 14 heavy (non-hydrogen) atoms. The molecule has 1 aromatic rings. The molecule has 0 aliphatic heterocycles. The number of aryl methyl sites for hydroxylation is 2. The predicted molar refractivity (Wildman–Crippen MR) is 61.7 cm³/mol. The van der Waals surface area contributed by atoms with E-state index in [-0.39, 0.29) is 0 Å². The van der Waals surface area contributed by atoms with Crippen molar-refractivity contribution in [3.05, 3.63) is 11.3 Å². The van der Waals surface area contributed by atoms with Gasteiger partial charge in [-0.3, -0.25) is 4.68 Å². The van der Waals surface area contributed by atoms with E-state index in [1.54, 1.807) is 11.8 Å². The molecule has 4 heteroatoms. The van der Waals surface area contributed by atoms with Crippen LogP contribution in [0.3, 0.4) is 0 Å². The Morgan fingerprint density at radius 3 is 2.64 bits per heavy atom. The Morgan fingerprint density at radius 2 is 2.14 bits per heavy atom. The molecule has 0 atom stereocenters. The number of rotatable bonds is 4. The summed E-state index contributed by atoms with van der Waals surface area (Å²) in [6.45, 7) is 7.29. The molecule has 3 nitrogen and oxygen atoms in total. The highest BCUT2D eigenvalue weighted by molar-refractivity contribution is 7.98. The summed E-state index contributed by atoms with van der Waals surface area (Å²) in [7, 11) is 2.00. The first kappa shape index (κ1) is 11.6. The monoisotopic (exact) mass is 213 g/mol. The van der Waals surface area contributed by atoms with E-state index in [4.69, 9.17) is 0 Å². The lowest BCUT2D eigenvalue weighted by molar-refractivity contribution is 0.580. The van der Waals surface area contributed by atoms with Crippen LogP contribution in [0, 0.1) is 6.92 Å². The Kier molecular flexibility index (Phi) is 4.01. The molecule has 0 aromatic carbocycles. The van der Waals surface area contributed by atoms with Crippen LogP contribution < -0.4 is 5.32 Å². The number of hydrogen-bond donors (Lipinski definition) is 1. The summed E-state index contributed by atoms with van der Waals surface area (Å²) < 4.78 is 1.96. The summed E-state index contributed by atoms with van der Waals surface area (Å²) in [6.07, 6.45) is 2.09. The van der Waals surface area contributed by atoms with Gasteiger partial charge in [0.25, 0.3) is 0 Å². The van der Waals surface area contributed by atoms with Gasteiger partial charge in [0, 0.05) is 25.2 Å². The van der Waals surface area contributed by atoms with E-state index in [9.17, 15) is 0 Å². The Labute approximate surface area is 90.3 Å². The molecule has 80 valence electrons. The third-order valence-corrected chi connectivity index (χ3v) is 3.07. The van der Waals surface area contributed by atoms with Crippen LogP contribution in [0.2, 0.25) is 0 Å². The molecule has 1 aromatic heterocycles. The standard InChI is InChI=1S/C10H19N3S/c1-7(2)11-6-9-8(3)12-13(4)10(9)14-5/h7,11H,6H2,1-5H3. The van der Waals surface area contributed by atoms with Crippen molar-refractivity contribution < 1.29 is 0 Å². The molecule has 0 bridgehead atoms. The van der Waals surface area contributed by atoms with Crippen LogP contribution in [0.15, 0.2) is 5.03 Å². The van der Waals surface area contributed by atoms with Gasteiger partial charge in [-0.15, -0.1) is 11.8 Å². The molecular weight excluding hydrogens is 194 g/mol. The minimum absolute atomic E-state index is 0.518. The fourth-order valence-electron chi connectivity index (χ4n) is 1.45. The normalized spacial score (nSPS) is 11.3. The molecule has 0 fully saturated rings. The van der Waals surface area contributed by atoms with Crippen LogP contribution in [0.1, 0.15) is 25.1 Å². The second kappa shape index (κ2) is 4.84.